The van der Waals surface area contributed by atoms with Crippen molar-refractivity contribution < 1.29 is 9.53 Å². The van der Waals surface area contributed by atoms with Crippen LogP contribution in [-0.4, -0.2) is 15.8 Å². The van der Waals surface area contributed by atoms with Crippen molar-refractivity contribution in [2.45, 2.75) is 6.92 Å². The molecule has 24 heavy (non-hydrogen) atoms. The van der Waals surface area contributed by atoms with Gasteiger partial charge in [-0.05, 0) is 42.8 Å². The first-order chi connectivity index (χ1) is 11.6. The maximum Gasteiger partial charge on any atom is 0.199 e. The molecule has 0 N–H and O–H groups in total. The summed E-state index contributed by atoms with van der Waals surface area (Å²) in [4.78, 5) is 20.3. The van der Waals surface area contributed by atoms with Gasteiger partial charge in [0.1, 0.15) is 28.1 Å². The van der Waals surface area contributed by atoms with Gasteiger partial charge in [-0.3, -0.25) is 4.79 Å². The maximum atomic E-state index is 12.7. The summed E-state index contributed by atoms with van der Waals surface area (Å²) in [6.07, 6.45) is 1.21. The monoisotopic (exact) mass is 358 g/mol. The third-order valence-electron chi connectivity index (χ3n) is 3.40. The number of ether oxygens (including phenoxy) is 1. The minimum Gasteiger partial charge on any atom is -0.457 e. The van der Waals surface area contributed by atoms with Crippen molar-refractivity contribution in [2.24, 2.45) is 0 Å². The molecule has 0 aliphatic heterocycles. The molecule has 0 fully saturated rings. The van der Waals surface area contributed by atoms with Crippen LogP contribution in [0.5, 0.6) is 11.5 Å². The molecule has 0 unspecified atom stereocenters. The van der Waals surface area contributed by atoms with Crippen LogP contribution in [0.2, 0.25) is 10.3 Å². The number of nitrogens with zero attached hydrogens (tertiary/aromatic N) is 2. The number of para-hydroxylation sites is 1. The molecule has 3 rings (SSSR count). The molecule has 0 amide bonds. The van der Waals surface area contributed by atoms with Crippen LogP contribution < -0.4 is 4.74 Å². The average molecular weight is 359 g/mol. The number of hydrogen-bond acceptors (Lipinski definition) is 4. The second-order valence-corrected chi connectivity index (χ2v) is 5.77. The molecular formula is C18H12Cl2N2O2. The summed E-state index contributed by atoms with van der Waals surface area (Å²) < 4.78 is 5.76. The predicted molar refractivity (Wildman–Crippen MR) is 93.2 cm³/mol. The summed E-state index contributed by atoms with van der Waals surface area (Å²) in [5, 5.41) is 0.0630. The van der Waals surface area contributed by atoms with Crippen molar-refractivity contribution in [3.63, 3.8) is 0 Å². The number of aromatic nitrogens is 2. The van der Waals surface area contributed by atoms with Crippen LogP contribution in [0.25, 0.3) is 0 Å². The fourth-order valence-corrected chi connectivity index (χ4v) is 2.73. The largest absolute Gasteiger partial charge is 0.457 e. The van der Waals surface area contributed by atoms with E-state index in [4.69, 9.17) is 27.9 Å². The van der Waals surface area contributed by atoms with Gasteiger partial charge in [0.25, 0.3) is 0 Å². The summed E-state index contributed by atoms with van der Waals surface area (Å²) in [6, 6.07) is 14.6. The van der Waals surface area contributed by atoms with Crippen molar-refractivity contribution in [2.75, 3.05) is 0 Å². The van der Waals surface area contributed by atoms with Gasteiger partial charge in [-0.25, -0.2) is 9.97 Å². The van der Waals surface area contributed by atoms with Crippen molar-refractivity contribution in [1.29, 1.82) is 0 Å². The molecule has 0 radical (unpaired) electrons. The summed E-state index contributed by atoms with van der Waals surface area (Å²) in [7, 11) is 0. The Morgan fingerprint density at radius 2 is 1.62 bits per heavy atom. The van der Waals surface area contributed by atoms with Gasteiger partial charge in [-0.1, -0.05) is 41.4 Å². The zero-order chi connectivity index (χ0) is 17.1. The lowest BCUT2D eigenvalue weighted by molar-refractivity contribution is 0.103. The molecule has 6 heteroatoms. The number of hydrogen-bond donors (Lipinski definition) is 0. The fourth-order valence-electron chi connectivity index (χ4n) is 2.25. The zero-order valence-corrected chi connectivity index (χ0v) is 14.2. The van der Waals surface area contributed by atoms with Crippen LogP contribution in [-0.2, 0) is 0 Å². The van der Waals surface area contributed by atoms with E-state index in [1.54, 1.807) is 18.2 Å². The van der Waals surface area contributed by atoms with E-state index in [0.717, 1.165) is 11.3 Å². The first kappa shape index (κ1) is 16.4. The van der Waals surface area contributed by atoms with Gasteiger partial charge in [-0.15, -0.1) is 0 Å². The molecule has 0 saturated heterocycles. The highest BCUT2D eigenvalue weighted by atomic mass is 35.5. The lowest BCUT2D eigenvalue weighted by Crippen LogP contribution is -2.07. The fraction of sp³-hybridized carbons (Fsp3) is 0.0556. The van der Waals surface area contributed by atoms with Crippen LogP contribution in [0.3, 0.4) is 0 Å². The van der Waals surface area contributed by atoms with E-state index in [9.17, 15) is 4.79 Å². The van der Waals surface area contributed by atoms with E-state index in [1.807, 2.05) is 37.3 Å². The predicted octanol–water partition coefficient (Wildman–Crippen LogP) is 5.12. The Morgan fingerprint density at radius 3 is 2.25 bits per heavy atom. The Morgan fingerprint density at radius 1 is 0.958 bits per heavy atom. The molecule has 4 nitrogen and oxygen atoms in total. The normalized spacial score (nSPS) is 10.5. The summed E-state index contributed by atoms with van der Waals surface area (Å²) in [5.41, 5.74) is 1.30. The molecule has 3 aromatic rings. The molecular weight excluding hydrogens is 347 g/mol. The van der Waals surface area contributed by atoms with Crippen molar-refractivity contribution in [3.8, 4) is 11.5 Å². The van der Waals surface area contributed by atoms with Gasteiger partial charge in [0.15, 0.2) is 5.78 Å². The minimum absolute atomic E-state index is 0.0315. The van der Waals surface area contributed by atoms with Gasteiger partial charge in [0, 0.05) is 5.56 Å². The van der Waals surface area contributed by atoms with Crippen molar-refractivity contribution >= 4 is 29.0 Å². The van der Waals surface area contributed by atoms with Crippen LogP contribution in [0.4, 0.5) is 0 Å². The third-order valence-corrected chi connectivity index (χ3v) is 3.98. The molecule has 0 bridgehead atoms. The second-order valence-electron chi connectivity index (χ2n) is 5.05. The first-order valence-electron chi connectivity index (χ1n) is 7.10. The minimum atomic E-state index is -0.325. The van der Waals surface area contributed by atoms with E-state index in [-0.39, 0.29) is 21.7 Å². The molecule has 1 aromatic heterocycles. The van der Waals surface area contributed by atoms with Gasteiger partial charge < -0.3 is 4.74 Å². The summed E-state index contributed by atoms with van der Waals surface area (Å²) >= 11 is 12.0. The second kappa shape index (κ2) is 6.99. The summed E-state index contributed by atoms with van der Waals surface area (Å²) in [6.45, 7) is 1.82. The van der Waals surface area contributed by atoms with E-state index in [1.165, 1.54) is 6.33 Å². The number of aryl methyl sites for hydroxylation is 1. The van der Waals surface area contributed by atoms with Crippen LogP contribution in [0.1, 0.15) is 21.5 Å². The third kappa shape index (κ3) is 3.40. The van der Waals surface area contributed by atoms with E-state index >= 15 is 0 Å². The highest BCUT2D eigenvalue weighted by Crippen LogP contribution is 2.28. The smallest absolute Gasteiger partial charge is 0.199 e. The lowest BCUT2D eigenvalue weighted by atomic mass is 10.0. The van der Waals surface area contributed by atoms with Gasteiger partial charge in [-0.2, -0.15) is 0 Å². The standard InChI is InChI=1S/C18H12Cl2N2O2/c1-11-9-13(24-12-5-3-2-4-6-12)7-8-14(11)16(23)15-17(19)21-10-22-18(15)20/h2-10H,1H3. The molecule has 1 heterocycles. The highest BCUT2D eigenvalue weighted by molar-refractivity contribution is 6.39. The summed E-state index contributed by atoms with van der Waals surface area (Å²) in [5.74, 6) is 1.03. The molecule has 0 aliphatic carbocycles. The van der Waals surface area contributed by atoms with Crippen LogP contribution in [0, 0.1) is 6.92 Å². The first-order valence-corrected chi connectivity index (χ1v) is 7.86. The lowest BCUT2D eigenvalue weighted by Gasteiger charge is -2.10. The molecule has 120 valence electrons. The van der Waals surface area contributed by atoms with Crippen LogP contribution in [0.15, 0.2) is 54.9 Å². The average Bonchev–Trinajstić information content (AvgIpc) is 2.55. The highest BCUT2D eigenvalue weighted by Gasteiger charge is 2.20. The molecule has 0 aliphatic rings. The Balaban J connectivity index is 1.91. The quantitative estimate of drug-likeness (QED) is 0.480. The molecule has 0 atom stereocenters. The number of carbonyl (C=O) groups excluding carboxylic acids is 1. The van der Waals surface area contributed by atoms with Crippen molar-refractivity contribution in [3.05, 3.63) is 81.9 Å². The molecule has 2 aromatic carbocycles. The van der Waals surface area contributed by atoms with Gasteiger partial charge >= 0.3 is 0 Å². The number of halogens is 2. The van der Waals surface area contributed by atoms with E-state index in [0.29, 0.717) is 11.3 Å². The Kier molecular flexibility index (Phi) is 4.79. The Bertz CT molecular complexity index is 879. The number of benzene rings is 2. The van der Waals surface area contributed by atoms with Crippen molar-refractivity contribution in [1.82, 2.24) is 9.97 Å². The topological polar surface area (TPSA) is 52.1 Å². The number of carbonyl (C=O) groups is 1. The number of ketones is 1. The van der Waals surface area contributed by atoms with E-state index in [2.05, 4.69) is 9.97 Å². The zero-order valence-electron chi connectivity index (χ0n) is 12.7. The maximum absolute atomic E-state index is 12.7. The Labute approximate surface area is 149 Å². The Hall–Kier alpha value is -2.43. The molecule has 0 saturated carbocycles. The SMILES string of the molecule is Cc1cc(Oc2ccccc2)ccc1C(=O)c1c(Cl)ncnc1Cl. The number of rotatable bonds is 4. The van der Waals surface area contributed by atoms with Gasteiger partial charge in [0.05, 0.1) is 5.56 Å². The van der Waals surface area contributed by atoms with E-state index < -0.39 is 0 Å². The molecule has 0 spiro atoms. The van der Waals surface area contributed by atoms with Gasteiger partial charge in [0.2, 0.25) is 0 Å². The van der Waals surface area contributed by atoms with Crippen LogP contribution >= 0.6 is 23.2 Å².